The predicted octanol–water partition coefficient (Wildman–Crippen LogP) is 4.40. The summed E-state index contributed by atoms with van der Waals surface area (Å²) < 4.78 is 5.26. The van der Waals surface area contributed by atoms with Crippen LogP contribution in [0, 0.1) is 6.92 Å². The summed E-state index contributed by atoms with van der Waals surface area (Å²) in [6.07, 6.45) is -0.341. The van der Waals surface area contributed by atoms with Crippen LogP contribution in [-0.2, 0) is 4.74 Å². The van der Waals surface area contributed by atoms with Crippen LogP contribution in [0.15, 0.2) is 48.5 Å². The molecule has 0 spiro atoms. The van der Waals surface area contributed by atoms with Crippen molar-refractivity contribution in [2.75, 3.05) is 4.90 Å². The van der Waals surface area contributed by atoms with Crippen molar-refractivity contribution in [1.29, 1.82) is 0 Å². The van der Waals surface area contributed by atoms with Gasteiger partial charge in [-0.25, -0.2) is 4.79 Å². The molecule has 0 saturated carbocycles. The summed E-state index contributed by atoms with van der Waals surface area (Å²) >= 11 is 0. The van der Waals surface area contributed by atoms with E-state index >= 15 is 0 Å². The number of rotatable bonds is 2. The molecule has 0 aliphatic carbocycles. The Hall–Kier alpha value is -2.29. The molecule has 3 heteroatoms. The fourth-order valence-corrected chi connectivity index (χ4v) is 2.73. The maximum absolute atomic E-state index is 11.9. The van der Waals surface area contributed by atoms with E-state index < -0.39 is 0 Å². The third-order valence-corrected chi connectivity index (χ3v) is 4.17. The topological polar surface area (TPSA) is 29.5 Å². The lowest BCUT2D eigenvalue weighted by atomic mass is 10.0. The third-order valence-electron chi connectivity index (χ3n) is 4.17. The first-order chi connectivity index (χ1) is 10.1. The van der Waals surface area contributed by atoms with Gasteiger partial charge in [0.25, 0.3) is 0 Å². The van der Waals surface area contributed by atoms with E-state index in [1.165, 1.54) is 11.1 Å². The van der Waals surface area contributed by atoms with Crippen molar-refractivity contribution in [1.82, 2.24) is 0 Å². The molecular weight excluding hydrogens is 262 g/mol. The zero-order valence-corrected chi connectivity index (χ0v) is 12.5. The van der Waals surface area contributed by atoms with Crippen LogP contribution in [0.4, 0.5) is 10.5 Å². The van der Waals surface area contributed by atoms with E-state index in [9.17, 15) is 4.79 Å². The Morgan fingerprint density at radius 2 is 1.67 bits per heavy atom. The molecule has 0 radical (unpaired) electrons. The van der Waals surface area contributed by atoms with Crippen LogP contribution in [0.25, 0.3) is 11.1 Å². The number of hydrogen-bond acceptors (Lipinski definition) is 2. The average molecular weight is 281 g/mol. The minimum absolute atomic E-state index is 0.0572. The number of nitrogens with zero attached hydrogens (tertiary/aromatic N) is 1. The van der Waals surface area contributed by atoms with Gasteiger partial charge in [-0.1, -0.05) is 36.4 Å². The molecule has 1 heterocycles. The molecule has 2 aromatic carbocycles. The highest BCUT2D eigenvalue weighted by Gasteiger charge is 2.36. The van der Waals surface area contributed by atoms with E-state index in [0.717, 1.165) is 11.3 Å². The second kappa shape index (κ2) is 5.24. The van der Waals surface area contributed by atoms with Gasteiger partial charge in [0.05, 0.1) is 6.04 Å². The molecule has 3 rings (SSSR count). The molecule has 1 saturated heterocycles. The lowest BCUT2D eigenvalue weighted by Gasteiger charge is -2.19. The summed E-state index contributed by atoms with van der Waals surface area (Å²) in [5, 5.41) is 0. The highest BCUT2D eigenvalue weighted by Crippen LogP contribution is 2.30. The van der Waals surface area contributed by atoms with Crippen molar-refractivity contribution in [3.8, 4) is 11.1 Å². The number of ether oxygens (including phenoxy) is 1. The van der Waals surface area contributed by atoms with Crippen molar-refractivity contribution in [3.05, 3.63) is 54.1 Å². The number of anilines is 1. The Balaban J connectivity index is 1.92. The fourth-order valence-electron chi connectivity index (χ4n) is 2.73. The van der Waals surface area contributed by atoms with Crippen molar-refractivity contribution >= 4 is 11.8 Å². The Labute approximate surface area is 125 Å². The second-order valence-corrected chi connectivity index (χ2v) is 5.56. The maximum Gasteiger partial charge on any atom is 0.415 e. The number of benzene rings is 2. The van der Waals surface area contributed by atoms with Crippen LogP contribution >= 0.6 is 0 Å². The Kier molecular flexibility index (Phi) is 3.42. The predicted molar refractivity (Wildman–Crippen MR) is 84.5 cm³/mol. The molecule has 1 amide bonds. The van der Waals surface area contributed by atoms with Gasteiger partial charge in [-0.15, -0.1) is 0 Å². The van der Waals surface area contributed by atoms with Gasteiger partial charge in [-0.3, -0.25) is 4.90 Å². The normalized spacial score (nSPS) is 21.5. The monoisotopic (exact) mass is 281 g/mol. The zero-order chi connectivity index (χ0) is 15.0. The van der Waals surface area contributed by atoms with Crippen molar-refractivity contribution in [2.24, 2.45) is 0 Å². The van der Waals surface area contributed by atoms with Gasteiger partial charge in [0.2, 0.25) is 0 Å². The fraction of sp³-hybridized carbons (Fsp3) is 0.278. The number of hydrogen-bond donors (Lipinski definition) is 0. The molecule has 1 aliphatic rings. The minimum Gasteiger partial charge on any atom is -0.444 e. The lowest BCUT2D eigenvalue weighted by Crippen LogP contribution is -2.33. The van der Waals surface area contributed by atoms with Crippen LogP contribution in [-0.4, -0.2) is 18.2 Å². The molecule has 1 aliphatic heterocycles. The van der Waals surface area contributed by atoms with Crippen LogP contribution < -0.4 is 4.90 Å². The molecule has 108 valence electrons. The molecule has 0 bridgehead atoms. The van der Waals surface area contributed by atoms with E-state index in [2.05, 4.69) is 31.2 Å². The van der Waals surface area contributed by atoms with E-state index in [1.54, 1.807) is 4.90 Å². The molecule has 2 atom stereocenters. The van der Waals surface area contributed by atoms with Gasteiger partial charge < -0.3 is 4.74 Å². The Morgan fingerprint density at radius 3 is 2.24 bits per heavy atom. The van der Waals surface area contributed by atoms with Crippen LogP contribution in [0.1, 0.15) is 19.4 Å². The summed E-state index contributed by atoms with van der Waals surface area (Å²) in [6, 6.07) is 16.4. The third kappa shape index (κ3) is 2.40. The summed E-state index contributed by atoms with van der Waals surface area (Å²) in [5.41, 5.74) is 4.50. The smallest absolute Gasteiger partial charge is 0.415 e. The molecule has 0 N–H and O–H groups in total. The van der Waals surface area contributed by atoms with Gasteiger partial charge in [-0.05, 0) is 49.6 Å². The Morgan fingerprint density at radius 1 is 1.00 bits per heavy atom. The number of aryl methyl sites for hydroxylation is 1. The Bertz CT molecular complexity index is 663. The molecule has 2 unspecified atom stereocenters. The van der Waals surface area contributed by atoms with Gasteiger partial charge in [0, 0.05) is 5.69 Å². The van der Waals surface area contributed by atoms with Gasteiger partial charge in [0.15, 0.2) is 0 Å². The first-order valence-corrected chi connectivity index (χ1v) is 7.24. The van der Waals surface area contributed by atoms with Crippen LogP contribution in [0.3, 0.4) is 0 Å². The van der Waals surface area contributed by atoms with Crippen molar-refractivity contribution in [2.45, 2.75) is 32.9 Å². The lowest BCUT2D eigenvalue weighted by molar-refractivity contribution is 0.143. The van der Waals surface area contributed by atoms with E-state index in [0.29, 0.717) is 0 Å². The average Bonchev–Trinajstić information content (AvgIpc) is 2.73. The summed E-state index contributed by atoms with van der Waals surface area (Å²) in [5.74, 6) is 0. The minimum atomic E-state index is -0.265. The van der Waals surface area contributed by atoms with Crippen molar-refractivity contribution < 1.29 is 9.53 Å². The molecule has 0 aromatic heterocycles. The van der Waals surface area contributed by atoms with E-state index in [1.807, 2.05) is 38.1 Å². The number of amides is 1. The van der Waals surface area contributed by atoms with Crippen LogP contribution in [0.2, 0.25) is 0 Å². The highest BCUT2D eigenvalue weighted by atomic mass is 16.6. The molecule has 2 aromatic rings. The van der Waals surface area contributed by atoms with Gasteiger partial charge in [0.1, 0.15) is 6.10 Å². The first-order valence-electron chi connectivity index (χ1n) is 7.24. The standard InChI is InChI=1S/C18H19NO2/c1-12-6-4-5-7-17(12)15-8-10-16(11-9-15)19-13(2)14(3)21-18(19)20/h4-11,13-14H,1-3H3. The first kappa shape index (κ1) is 13.7. The molecule has 1 fully saturated rings. The molecule has 3 nitrogen and oxygen atoms in total. The SMILES string of the molecule is Cc1ccccc1-c1ccc(N2C(=O)OC(C)C2C)cc1. The zero-order valence-electron chi connectivity index (χ0n) is 12.5. The van der Waals surface area contributed by atoms with Crippen molar-refractivity contribution in [3.63, 3.8) is 0 Å². The van der Waals surface area contributed by atoms with Gasteiger partial charge in [-0.2, -0.15) is 0 Å². The van der Waals surface area contributed by atoms with E-state index in [4.69, 9.17) is 4.74 Å². The maximum atomic E-state index is 11.9. The number of cyclic esters (lactones) is 1. The molecular formula is C18H19NO2. The van der Waals surface area contributed by atoms with Gasteiger partial charge >= 0.3 is 6.09 Å². The second-order valence-electron chi connectivity index (χ2n) is 5.56. The number of carbonyl (C=O) groups excluding carboxylic acids is 1. The summed E-state index contributed by atoms with van der Waals surface area (Å²) in [6.45, 7) is 6.03. The summed E-state index contributed by atoms with van der Waals surface area (Å²) in [7, 11) is 0. The van der Waals surface area contributed by atoms with E-state index in [-0.39, 0.29) is 18.2 Å². The highest BCUT2D eigenvalue weighted by molar-refractivity contribution is 5.91. The molecule has 21 heavy (non-hydrogen) atoms. The number of carbonyl (C=O) groups is 1. The largest absolute Gasteiger partial charge is 0.444 e. The quantitative estimate of drug-likeness (QED) is 0.816. The summed E-state index contributed by atoms with van der Waals surface area (Å²) in [4.78, 5) is 13.6. The van der Waals surface area contributed by atoms with Crippen LogP contribution in [0.5, 0.6) is 0 Å².